The molecule has 0 saturated heterocycles. The quantitative estimate of drug-likeness (QED) is 0.776. The van der Waals surface area contributed by atoms with Crippen LogP contribution >= 0.6 is 22.9 Å². The number of carbonyl (C=O) groups is 1. The van der Waals surface area contributed by atoms with Gasteiger partial charge in [-0.15, -0.1) is 11.3 Å². The summed E-state index contributed by atoms with van der Waals surface area (Å²) in [5, 5.41) is 4.80. The Bertz CT molecular complexity index is 672. The molecular weight excluding hydrogens is 337 g/mol. The number of alkyl halides is 3. The van der Waals surface area contributed by atoms with E-state index >= 15 is 0 Å². The van der Waals surface area contributed by atoms with Gasteiger partial charge in [-0.2, -0.15) is 13.2 Å². The lowest BCUT2D eigenvalue weighted by Crippen LogP contribution is -2.31. The summed E-state index contributed by atoms with van der Waals surface area (Å²) in [5.41, 5.74) is -1.18. The minimum atomic E-state index is -4.53. The Morgan fingerprint density at radius 2 is 1.91 bits per heavy atom. The number of nitrogens with one attached hydrogen (secondary N) is 2. The Kier molecular flexibility index (Phi) is 4.97. The van der Waals surface area contributed by atoms with E-state index < -0.39 is 17.8 Å². The van der Waals surface area contributed by atoms with Crippen LogP contribution in [0.3, 0.4) is 0 Å². The first kappa shape index (κ1) is 16.6. The molecule has 0 fully saturated rings. The summed E-state index contributed by atoms with van der Waals surface area (Å²) in [5.74, 6) is 0. The van der Waals surface area contributed by atoms with Gasteiger partial charge >= 0.3 is 12.2 Å². The molecule has 0 aliphatic carbocycles. The van der Waals surface area contributed by atoms with Gasteiger partial charge in [0.2, 0.25) is 0 Å². The summed E-state index contributed by atoms with van der Waals surface area (Å²) in [6.07, 6.45) is -4.53. The maximum atomic E-state index is 12.8. The van der Waals surface area contributed by atoms with Gasteiger partial charge in [0, 0.05) is 4.88 Å². The molecular formula is C14H12ClF3N2OS. The lowest BCUT2D eigenvalue weighted by Gasteiger charge is -2.16. The maximum absolute atomic E-state index is 12.8. The normalized spacial score (nSPS) is 12.8. The molecule has 0 bridgehead atoms. The van der Waals surface area contributed by atoms with E-state index in [1.807, 2.05) is 0 Å². The van der Waals surface area contributed by atoms with Gasteiger partial charge < -0.3 is 10.6 Å². The van der Waals surface area contributed by atoms with E-state index in [0.717, 1.165) is 10.9 Å². The van der Waals surface area contributed by atoms with Gasteiger partial charge in [-0.25, -0.2) is 4.79 Å². The van der Waals surface area contributed by atoms with Crippen LogP contribution in [0.1, 0.15) is 23.4 Å². The van der Waals surface area contributed by atoms with Gasteiger partial charge in [-0.3, -0.25) is 0 Å². The highest BCUT2D eigenvalue weighted by Crippen LogP contribution is 2.34. The zero-order valence-corrected chi connectivity index (χ0v) is 12.9. The predicted molar refractivity (Wildman–Crippen MR) is 81.3 cm³/mol. The Balaban J connectivity index is 2.07. The second kappa shape index (κ2) is 6.58. The van der Waals surface area contributed by atoms with Gasteiger partial charge in [0.25, 0.3) is 0 Å². The van der Waals surface area contributed by atoms with E-state index in [2.05, 4.69) is 10.6 Å². The first-order valence-electron chi connectivity index (χ1n) is 6.26. The number of hydrogen-bond acceptors (Lipinski definition) is 2. The van der Waals surface area contributed by atoms with Gasteiger partial charge in [-0.1, -0.05) is 23.7 Å². The molecule has 1 aromatic heterocycles. The van der Waals surface area contributed by atoms with E-state index in [1.165, 1.54) is 29.5 Å². The van der Waals surface area contributed by atoms with Gasteiger partial charge in [0.05, 0.1) is 21.6 Å². The Hall–Kier alpha value is -1.73. The van der Waals surface area contributed by atoms with Crippen molar-refractivity contribution >= 4 is 34.7 Å². The minimum Gasteiger partial charge on any atom is -0.331 e. The van der Waals surface area contributed by atoms with E-state index in [9.17, 15) is 18.0 Å². The maximum Gasteiger partial charge on any atom is 0.418 e. The molecule has 1 atom stereocenters. The third-order valence-corrected chi connectivity index (χ3v) is 4.26. The SMILES string of the molecule is C[C@H](NC(=O)Nc1ccccc1C(F)(F)F)c1ccc(Cl)s1. The van der Waals surface area contributed by atoms with Crippen LogP contribution in [0, 0.1) is 0 Å². The average Bonchev–Trinajstić information content (AvgIpc) is 2.84. The highest BCUT2D eigenvalue weighted by Gasteiger charge is 2.33. The van der Waals surface area contributed by atoms with Crippen molar-refractivity contribution in [2.45, 2.75) is 19.1 Å². The number of thiophene rings is 1. The van der Waals surface area contributed by atoms with Crippen molar-refractivity contribution < 1.29 is 18.0 Å². The molecule has 118 valence electrons. The molecule has 0 unspecified atom stereocenters. The standard InChI is InChI=1S/C14H12ClF3N2OS/c1-8(11-6-7-12(15)22-11)19-13(21)20-10-5-3-2-4-9(10)14(16,17)18/h2-8H,1H3,(H2,19,20,21)/t8-/m0/s1. The summed E-state index contributed by atoms with van der Waals surface area (Å²) in [6, 6.07) is 7.17. The Labute approximate surface area is 134 Å². The van der Waals surface area contributed by atoms with Crippen LogP contribution < -0.4 is 10.6 Å². The molecule has 2 aromatic rings. The van der Waals surface area contributed by atoms with E-state index in [-0.39, 0.29) is 11.7 Å². The smallest absolute Gasteiger partial charge is 0.331 e. The molecule has 22 heavy (non-hydrogen) atoms. The van der Waals surface area contributed by atoms with Crippen LogP contribution in [0.25, 0.3) is 0 Å². The molecule has 8 heteroatoms. The van der Waals surface area contributed by atoms with Crippen molar-refractivity contribution in [3.63, 3.8) is 0 Å². The molecule has 0 spiro atoms. The number of benzene rings is 1. The van der Waals surface area contributed by atoms with Gasteiger partial charge in [0.15, 0.2) is 0 Å². The number of halogens is 4. The van der Waals surface area contributed by atoms with Crippen molar-refractivity contribution in [3.8, 4) is 0 Å². The summed E-state index contributed by atoms with van der Waals surface area (Å²) in [4.78, 5) is 12.7. The lowest BCUT2D eigenvalue weighted by molar-refractivity contribution is -0.136. The fourth-order valence-electron chi connectivity index (χ4n) is 1.83. The van der Waals surface area contributed by atoms with Crippen LogP contribution in [0.2, 0.25) is 4.34 Å². The van der Waals surface area contributed by atoms with Gasteiger partial charge in [-0.05, 0) is 31.2 Å². The molecule has 0 aliphatic rings. The molecule has 0 aliphatic heterocycles. The zero-order chi connectivity index (χ0) is 16.3. The first-order valence-corrected chi connectivity index (χ1v) is 7.46. The number of hydrogen-bond donors (Lipinski definition) is 2. The largest absolute Gasteiger partial charge is 0.418 e. The van der Waals surface area contributed by atoms with E-state index in [4.69, 9.17) is 11.6 Å². The van der Waals surface area contributed by atoms with Crippen molar-refractivity contribution in [1.82, 2.24) is 5.32 Å². The molecule has 2 amide bonds. The second-order valence-corrected chi connectivity index (χ2v) is 6.25. The summed E-state index contributed by atoms with van der Waals surface area (Å²) in [6.45, 7) is 1.72. The minimum absolute atomic E-state index is 0.288. The summed E-state index contributed by atoms with van der Waals surface area (Å²) < 4.78 is 39.1. The molecule has 1 heterocycles. The highest BCUT2D eigenvalue weighted by molar-refractivity contribution is 7.16. The molecule has 2 N–H and O–H groups in total. The number of amides is 2. The monoisotopic (exact) mass is 348 g/mol. The molecule has 0 radical (unpaired) electrons. The molecule has 3 nitrogen and oxygen atoms in total. The second-order valence-electron chi connectivity index (χ2n) is 4.51. The number of urea groups is 1. The van der Waals surface area contributed by atoms with Crippen LogP contribution in [-0.2, 0) is 6.18 Å². The van der Waals surface area contributed by atoms with E-state index in [1.54, 1.807) is 19.1 Å². The Morgan fingerprint density at radius 3 is 2.50 bits per heavy atom. The molecule has 1 aromatic carbocycles. The van der Waals surface area contributed by atoms with Crippen LogP contribution in [0.4, 0.5) is 23.7 Å². The van der Waals surface area contributed by atoms with Crippen molar-refractivity contribution in [2.75, 3.05) is 5.32 Å². The van der Waals surface area contributed by atoms with Crippen LogP contribution in [-0.4, -0.2) is 6.03 Å². The average molecular weight is 349 g/mol. The topological polar surface area (TPSA) is 41.1 Å². The fraction of sp³-hybridized carbons (Fsp3) is 0.214. The molecule has 0 saturated carbocycles. The number of anilines is 1. The van der Waals surface area contributed by atoms with Crippen LogP contribution in [0.15, 0.2) is 36.4 Å². The third kappa shape index (κ3) is 4.14. The van der Waals surface area contributed by atoms with Crippen LogP contribution in [0.5, 0.6) is 0 Å². The lowest BCUT2D eigenvalue weighted by atomic mass is 10.1. The zero-order valence-electron chi connectivity index (χ0n) is 11.4. The Morgan fingerprint density at radius 1 is 1.23 bits per heavy atom. The molecule has 2 rings (SSSR count). The highest BCUT2D eigenvalue weighted by atomic mass is 35.5. The number of para-hydroxylation sites is 1. The number of carbonyl (C=O) groups excluding carboxylic acids is 1. The van der Waals surface area contributed by atoms with Crippen molar-refractivity contribution in [1.29, 1.82) is 0 Å². The fourth-order valence-corrected chi connectivity index (χ4v) is 2.89. The summed E-state index contributed by atoms with van der Waals surface area (Å²) >= 11 is 7.10. The summed E-state index contributed by atoms with van der Waals surface area (Å²) in [7, 11) is 0. The van der Waals surface area contributed by atoms with E-state index in [0.29, 0.717) is 4.34 Å². The third-order valence-electron chi connectivity index (χ3n) is 2.85. The number of rotatable bonds is 3. The first-order chi connectivity index (χ1) is 10.3. The predicted octanol–water partition coefficient (Wildman–Crippen LogP) is 5.30. The van der Waals surface area contributed by atoms with Crippen molar-refractivity contribution in [3.05, 3.63) is 51.2 Å². The van der Waals surface area contributed by atoms with Crippen molar-refractivity contribution in [2.24, 2.45) is 0 Å². The van der Waals surface area contributed by atoms with Gasteiger partial charge in [0.1, 0.15) is 0 Å².